The first-order valence-corrected chi connectivity index (χ1v) is 7.87. The second-order valence-electron chi connectivity index (χ2n) is 4.96. The molecule has 1 aromatic rings. The fourth-order valence-electron chi connectivity index (χ4n) is 2.09. The van der Waals surface area contributed by atoms with E-state index in [9.17, 15) is 23.3 Å². The van der Waals surface area contributed by atoms with Gasteiger partial charge in [0.1, 0.15) is 6.04 Å². The Bertz CT molecular complexity index is 671. The Labute approximate surface area is 128 Å². The number of rotatable bonds is 6. The van der Waals surface area contributed by atoms with E-state index in [-0.39, 0.29) is 5.92 Å². The van der Waals surface area contributed by atoms with Crippen LogP contribution in [0.15, 0.2) is 29.2 Å². The fourth-order valence-corrected chi connectivity index (χ4v) is 3.69. The van der Waals surface area contributed by atoms with Gasteiger partial charge in [-0.3, -0.25) is 14.9 Å². The summed E-state index contributed by atoms with van der Waals surface area (Å²) < 4.78 is 30.7. The largest absolute Gasteiger partial charge is 0.468 e. The van der Waals surface area contributed by atoms with Crippen LogP contribution in [0.2, 0.25) is 0 Å². The number of carbonyl (C=O) groups is 1. The van der Waals surface area contributed by atoms with Gasteiger partial charge in [-0.05, 0) is 12.0 Å². The smallest absolute Gasteiger partial charge is 0.324 e. The summed E-state index contributed by atoms with van der Waals surface area (Å²) in [5.74, 6) is -1.09. The minimum absolute atomic E-state index is 0.366. The fraction of sp³-hybridized carbons (Fsp3) is 0.462. The van der Waals surface area contributed by atoms with Gasteiger partial charge in [-0.25, -0.2) is 8.42 Å². The Morgan fingerprint density at radius 2 is 1.86 bits per heavy atom. The molecule has 1 aromatic carbocycles. The zero-order chi connectivity index (χ0) is 17.1. The van der Waals surface area contributed by atoms with Gasteiger partial charge in [0, 0.05) is 13.1 Å². The number of benzene rings is 1. The van der Waals surface area contributed by atoms with E-state index >= 15 is 0 Å². The van der Waals surface area contributed by atoms with Crippen molar-refractivity contribution in [2.45, 2.75) is 24.8 Å². The van der Waals surface area contributed by atoms with Crippen LogP contribution < -0.4 is 0 Å². The standard InChI is InChI=1S/C13H18N2O6S/c1-9(2)12(13(16)21-4)14(3)22(19,20)11-8-6-5-7-10(11)15(17)18/h5-9,12H,1-4H3. The number of ether oxygens (including phenoxy) is 1. The highest BCUT2D eigenvalue weighted by molar-refractivity contribution is 7.89. The molecule has 0 spiro atoms. The highest BCUT2D eigenvalue weighted by Gasteiger charge is 2.38. The Morgan fingerprint density at radius 1 is 1.32 bits per heavy atom. The topological polar surface area (TPSA) is 107 Å². The molecule has 9 heteroatoms. The van der Waals surface area contributed by atoms with Gasteiger partial charge in [0.05, 0.1) is 12.0 Å². The number of likely N-dealkylation sites (N-methyl/N-ethyl adjacent to an activating group) is 1. The van der Waals surface area contributed by atoms with Crippen LogP contribution in [-0.2, 0) is 19.6 Å². The van der Waals surface area contributed by atoms with Gasteiger partial charge in [0.25, 0.3) is 5.69 Å². The van der Waals surface area contributed by atoms with Gasteiger partial charge in [0.15, 0.2) is 4.90 Å². The van der Waals surface area contributed by atoms with Crippen LogP contribution >= 0.6 is 0 Å². The van der Waals surface area contributed by atoms with Crippen LogP contribution in [0.25, 0.3) is 0 Å². The molecule has 1 rings (SSSR count). The molecule has 0 bridgehead atoms. The van der Waals surface area contributed by atoms with E-state index in [0.29, 0.717) is 0 Å². The molecular weight excluding hydrogens is 312 g/mol. The first-order valence-electron chi connectivity index (χ1n) is 6.43. The van der Waals surface area contributed by atoms with Crippen molar-refractivity contribution >= 4 is 21.7 Å². The van der Waals surface area contributed by atoms with E-state index in [4.69, 9.17) is 0 Å². The molecule has 0 saturated carbocycles. The number of hydrogen-bond acceptors (Lipinski definition) is 6. The number of sulfonamides is 1. The minimum atomic E-state index is -4.22. The number of carbonyl (C=O) groups excluding carboxylic acids is 1. The first-order chi connectivity index (χ1) is 10.1. The molecule has 0 saturated heterocycles. The maximum Gasteiger partial charge on any atom is 0.324 e. The summed E-state index contributed by atoms with van der Waals surface area (Å²) in [6, 6.07) is 3.92. The monoisotopic (exact) mass is 330 g/mol. The van der Waals surface area contributed by atoms with E-state index in [1.165, 1.54) is 19.2 Å². The summed E-state index contributed by atoms with van der Waals surface area (Å²) >= 11 is 0. The number of nitrogens with zero attached hydrogens (tertiary/aromatic N) is 2. The molecule has 0 aliphatic rings. The van der Waals surface area contributed by atoms with Crippen molar-refractivity contribution in [2.24, 2.45) is 5.92 Å². The van der Waals surface area contributed by atoms with Crippen molar-refractivity contribution in [2.75, 3.05) is 14.2 Å². The number of para-hydroxylation sites is 1. The maximum absolute atomic E-state index is 12.6. The van der Waals surface area contributed by atoms with Crippen LogP contribution in [0, 0.1) is 16.0 Å². The Hall–Kier alpha value is -2.00. The Morgan fingerprint density at radius 3 is 2.32 bits per heavy atom. The van der Waals surface area contributed by atoms with Crippen molar-refractivity contribution in [3.63, 3.8) is 0 Å². The lowest BCUT2D eigenvalue weighted by atomic mass is 10.1. The third-order valence-electron chi connectivity index (χ3n) is 3.18. The molecule has 0 aliphatic heterocycles. The van der Waals surface area contributed by atoms with Gasteiger partial charge >= 0.3 is 5.97 Å². The van der Waals surface area contributed by atoms with Crippen LogP contribution in [0.3, 0.4) is 0 Å². The van der Waals surface area contributed by atoms with E-state index in [1.54, 1.807) is 13.8 Å². The van der Waals surface area contributed by atoms with Gasteiger partial charge < -0.3 is 4.74 Å². The zero-order valence-corrected chi connectivity index (χ0v) is 13.5. The lowest BCUT2D eigenvalue weighted by Crippen LogP contribution is -2.46. The van der Waals surface area contributed by atoms with Crippen LogP contribution in [-0.4, -0.2) is 43.8 Å². The Kier molecular flexibility index (Phi) is 5.61. The average molecular weight is 330 g/mol. The molecular formula is C13H18N2O6S. The third-order valence-corrected chi connectivity index (χ3v) is 5.07. The van der Waals surface area contributed by atoms with E-state index in [2.05, 4.69) is 4.74 Å². The second kappa shape index (κ2) is 6.84. The van der Waals surface area contributed by atoms with E-state index in [1.807, 2.05) is 0 Å². The summed E-state index contributed by atoms with van der Waals surface area (Å²) in [5.41, 5.74) is -0.540. The number of hydrogen-bond donors (Lipinski definition) is 0. The molecule has 8 nitrogen and oxygen atoms in total. The highest BCUT2D eigenvalue weighted by atomic mass is 32.2. The van der Waals surface area contributed by atoms with Crippen molar-refractivity contribution in [1.82, 2.24) is 4.31 Å². The molecule has 0 heterocycles. The van der Waals surface area contributed by atoms with Crippen molar-refractivity contribution in [1.29, 1.82) is 0 Å². The molecule has 0 fully saturated rings. The predicted octanol–water partition coefficient (Wildman–Crippen LogP) is 1.41. The molecule has 0 aromatic heterocycles. The molecule has 1 unspecified atom stereocenters. The maximum atomic E-state index is 12.6. The number of methoxy groups -OCH3 is 1. The summed E-state index contributed by atoms with van der Waals surface area (Å²) in [5, 5.41) is 11.0. The number of nitro groups is 1. The molecule has 122 valence electrons. The third kappa shape index (κ3) is 3.42. The summed E-state index contributed by atoms with van der Waals surface area (Å²) in [7, 11) is -1.87. The zero-order valence-electron chi connectivity index (χ0n) is 12.7. The van der Waals surface area contributed by atoms with Crippen LogP contribution in [0.5, 0.6) is 0 Å². The quantitative estimate of drug-likeness (QED) is 0.443. The normalized spacial score (nSPS) is 13.2. The average Bonchev–Trinajstić information content (AvgIpc) is 2.46. The molecule has 0 amide bonds. The number of nitro benzene ring substituents is 1. The van der Waals surface area contributed by atoms with Crippen molar-refractivity contribution < 1.29 is 22.9 Å². The molecule has 0 radical (unpaired) electrons. The van der Waals surface area contributed by atoms with Crippen LogP contribution in [0.1, 0.15) is 13.8 Å². The predicted molar refractivity (Wildman–Crippen MR) is 78.7 cm³/mol. The van der Waals surface area contributed by atoms with E-state index < -0.39 is 37.5 Å². The second-order valence-corrected chi connectivity index (χ2v) is 6.92. The summed E-state index contributed by atoms with van der Waals surface area (Å²) in [6.07, 6.45) is 0. The van der Waals surface area contributed by atoms with Crippen molar-refractivity contribution in [3.05, 3.63) is 34.4 Å². The Balaban J connectivity index is 3.40. The SMILES string of the molecule is COC(=O)C(C(C)C)N(C)S(=O)(=O)c1ccccc1[N+](=O)[O-]. The molecule has 22 heavy (non-hydrogen) atoms. The van der Waals surface area contributed by atoms with Crippen LogP contribution in [0.4, 0.5) is 5.69 Å². The summed E-state index contributed by atoms with van der Waals surface area (Å²) in [4.78, 5) is 21.6. The molecule has 0 aliphatic carbocycles. The molecule has 0 N–H and O–H groups in total. The van der Waals surface area contributed by atoms with Crippen molar-refractivity contribution in [3.8, 4) is 0 Å². The lowest BCUT2D eigenvalue weighted by molar-refractivity contribution is -0.387. The number of esters is 1. The first kappa shape index (κ1) is 18.1. The highest BCUT2D eigenvalue weighted by Crippen LogP contribution is 2.28. The summed E-state index contributed by atoms with van der Waals surface area (Å²) in [6.45, 7) is 3.32. The van der Waals surface area contributed by atoms with Gasteiger partial charge in [-0.1, -0.05) is 26.0 Å². The van der Waals surface area contributed by atoms with Gasteiger partial charge in [-0.15, -0.1) is 0 Å². The lowest BCUT2D eigenvalue weighted by Gasteiger charge is -2.27. The minimum Gasteiger partial charge on any atom is -0.468 e. The molecule has 1 atom stereocenters. The van der Waals surface area contributed by atoms with Gasteiger partial charge in [-0.2, -0.15) is 4.31 Å². The van der Waals surface area contributed by atoms with Gasteiger partial charge in [0.2, 0.25) is 10.0 Å². The van der Waals surface area contributed by atoms with E-state index in [0.717, 1.165) is 23.5 Å².